The van der Waals surface area contributed by atoms with Crippen molar-refractivity contribution in [2.45, 2.75) is 17.9 Å². The van der Waals surface area contributed by atoms with Gasteiger partial charge in [-0.2, -0.15) is 0 Å². The van der Waals surface area contributed by atoms with Crippen LogP contribution in [0.3, 0.4) is 0 Å². The number of hydrogen-bond donors (Lipinski definition) is 1. The number of amides is 1. The lowest BCUT2D eigenvalue weighted by Crippen LogP contribution is -2.45. The van der Waals surface area contributed by atoms with E-state index in [4.69, 9.17) is 4.74 Å². The van der Waals surface area contributed by atoms with E-state index in [1.165, 1.54) is 18.9 Å². The molecule has 140 valence electrons. The molecule has 1 amide bonds. The van der Waals surface area contributed by atoms with Crippen LogP contribution in [0.4, 0.5) is 11.4 Å². The number of nitrogens with one attached hydrogen (secondary N) is 1. The second-order valence-corrected chi connectivity index (χ2v) is 8.33. The molecule has 0 heterocycles. The summed E-state index contributed by atoms with van der Waals surface area (Å²) in [4.78, 5) is 13.6. The first kappa shape index (κ1) is 20.1. The van der Waals surface area contributed by atoms with Crippen LogP contribution in [0.25, 0.3) is 0 Å². The molecule has 0 saturated heterocycles. The van der Waals surface area contributed by atoms with E-state index in [1.54, 1.807) is 37.3 Å². The van der Waals surface area contributed by atoms with Crippen LogP contribution in [0, 0.1) is 0 Å². The molecule has 0 spiro atoms. The summed E-state index contributed by atoms with van der Waals surface area (Å²) in [6.45, 7) is 1.55. The van der Waals surface area contributed by atoms with Gasteiger partial charge in [0.05, 0.1) is 24.7 Å². The van der Waals surface area contributed by atoms with Crippen molar-refractivity contribution in [2.75, 3.05) is 29.2 Å². The summed E-state index contributed by atoms with van der Waals surface area (Å²) < 4.78 is 31.0. The number of thioether (sulfide) groups is 1. The normalized spacial score (nSPS) is 12.3. The van der Waals surface area contributed by atoms with Gasteiger partial charge in [0.15, 0.2) is 0 Å². The topological polar surface area (TPSA) is 75.7 Å². The van der Waals surface area contributed by atoms with Crippen LogP contribution in [0.5, 0.6) is 5.75 Å². The SMILES string of the molecule is COc1cccc(N([C@H](C)C(=O)Nc2ccccc2SC)S(C)(=O)=O)c1. The Balaban J connectivity index is 2.34. The fourth-order valence-corrected chi connectivity index (χ4v) is 4.26. The van der Waals surface area contributed by atoms with E-state index in [0.29, 0.717) is 17.1 Å². The van der Waals surface area contributed by atoms with Gasteiger partial charge < -0.3 is 10.1 Å². The zero-order chi connectivity index (χ0) is 19.3. The second kappa shape index (κ2) is 8.46. The first-order chi connectivity index (χ1) is 12.3. The smallest absolute Gasteiger partial charge is 0.248 e. The largest absolute Gasteiger partial charge is 0.497 e. The summed E-state index contributed by atoms with van der Waals surface area (Å²) >= 11 is 1.50. The van der Waals surface area contributed by atoms with Crippen molar-refractivity contribution >= 4 is 39.1 Å². The van der Waals surface area contributed by atoms with Crippen molar-refractivity contribution in [2.24, 2.45) is 0 Å². The third kappa shape index (κ3) is 4.70. The molecule has 2 rings (SSSR count). The number of methoxy groups -OCH3 is 1. The number of anilines is 2. The maximum Gasteiger partial charge on any atom is 0.248 e. The predicted molar refractivity (Wildman–Crippen MR) is 107 cm³/mol. The van der Waals surface area contributed by atoms with Gasteiger partial charge in [0.1, 0.15) is 11.8 Å². The number of benzene rings is 2. The monoisotopic (exact) mass is 394 g/mol. The van der Waals surface area contributed by atoms with Gasteiger partial charge in [0, 0.05) is 11.0 Å². The van der Waals surface area contributed by atoms with Crippen LogP contribution in [-0.4, -0.2) is 40.0 Å². The van der Waals surface area contributed by atoms with Gasteiger partial charge in [0.2, 0.25) is 15.9 Å². The van der Waals surface area contributed by atoms with Gasteiger partial charge in [-0.05, 0) is 37.4 Å². The summed E-state index contributed by atoms with van der Waals surface area (Å²) in [7, 11) is -2.18. The molecule has 1 N–H and O–H groups in total. The minimum Gasteiger partial charge on any atom is -0.497 e. The molecule has 6 nitrogen and oxygen atoms in total. The molecule has 0 saturated carbocycles. The highest BCUT2D eigenvalue weighted by Crippen LogP contribution is 2.27. The number of sulfonamides is 1. The maximum atomic E-state index is 12.7. The van der Waals surface area contributed by atoms with Crippen LogP contribution >= 0.6 is 11.8 Å². The Bertz CT molecular complexity index is 884. The van der Waals surface area contributed by atoms with Crippen LogP contribution in [0.2, 0.25) is 0 Å². The Kier molecular flexibility index (Phi) is 6.55. The van der Waals surface area contributed by atoms with Crippen LogP contribution < -0.4 is 14.4 Å². The second-order valence-electron chi connectivity index (χ2n) is 5.63. The number of para-hydroxylation sites is 1. The molecule has 0 aliphatic carbocycles. The fourth-order valence-electron chi connectivity index (χ4n) is 2.54. The molecule has 0 radical (unpaired) electrons. The molecule has 0 aromatic heterocycles. The van der Waals surface area contributed by atoms with Gasteiger partial charge in [0.25, 0.3) is 0 Å². The highest BCUT2D eigenvalue weighted by atomic mass is 32.2. The van der Waals surface area contributed by atoms with Crippen molar-refractivity contribution in [3.63, 3.8) is 0 Å². The molecule has 0 fully saturated rings. The number of carbonyl (C=O) groups is 1. The zero-order valence-corrected chi connectivity index (χ0v) is 16.7. The number of hydrogen-bond acceptors (Lipinski definition) is 5. The third-order valence-corrected chi connectivity index (χ3v) is 5.80. The Hall–Kier alpha value is -2.19. The Labute approximate surface area is 158 Å². The Morgan fingerprint density at radius 1 is 1.19 bits per heavy atom. The summed E-state index contributed by atoms with van der Waals surface area (Å²) in [5.41, 5.74) is 1.02. The Morgan fingerprint density at radius 3 is 2.50 bits per heavy atom. The minimum absolute atomic E-state index is 0.368. The molecular weight excluding hydrogens is 372 g/mol. The molecule has 2 aromatic carbocycles. The van der Waals surface area contributed by atoms with Gasteiger partial charge in [-0.3, -0.25) is 9.10 Å². The van der Waals surface area contributed by atoms with Gasteiger partial charge in [-0.1, -0.05) is 18.2 Å². The van der Waals surface area contributed by atoms with E-state index in [1.807, 2.05) is 24.5 Å². The van der Waals surface area contributed by atoms with Crippen molar-refractivity contribution in [3.8, 4) is 5.75 Å². The van der Waals surface area contributed by atoms with Crippen molar-refractivity contribution in [1.29, 1.82) is 0 Å². The quantitative estimate of drug-likeness (QED) is 0.730. The Morgan fingerprint density at radius 2 is 1.88 bits per heavy atom. The molecule has 0 aliphatic rings. The molecule has 2 aromatic rings. The van der Waals surface area contributed by atoms with Gasteiger partial charge in [-0.25, -0.2) is 8.42 Å². The highest BCUT2D eigenvalue weighted by molar-refractivity contribution is 7.98. The van der Waals surface area contributed by atoms with E-state index in [0.717, 1.165) is 15.5 Å². The minimum atomic E-state index is -3.68. The summed E-state index contributed by atoms with van der Waals surface area (Å²) in [5, 5.41) is 2.82. The lowest BCUT2D eigenvalue weighted by Gasteiger charge is -2.28. The molecule has 26 heavy (non-hydrogen) atoms. The van der Waals surface area contributed by atoms with Crippen molar-refractivity contribution < 1.29 is 17.9 Å². The summed E-state index contributed by atoms with van der Waals surface area (Å²) in [6, 6.07) is 13.0. The molecule has 1 atom stereocenters. The summed E-state index contributed by atoms with van der Waals surface area (Å²) in [6.07, 6.45) is 2.99. The standard InChI is InChI=1S/C18H22N2O4S2/c1-13(18(21)19-16-10-5-6-11-17(16)25-3)20(26(4,22)23)14-8-7-9-15(12-14)24-2/h5-13H,1-4H3,(H,19,21)/t13-/m1/s1. The van der Waals surface area contributed by atoms with E-state index < -0.39 is 22.0 Å². The molecule has 0 aliphatic heterocycles. The van der Waals surface area contributed by atoms with Crippen LogP contribution in [0.1, 0.15) is 6.92 Å². The van der Waals surface area contributed by atoms with Crippen molar-refractivity contribution in [3.05, 3.63) is 48.5 Å². The van der Waals surface area contributed by atoms with Gasteiger partial charge in [-0.15, -0.1) is 11.8 Å². The highest BCUT2D eigenvalue weighted by Gasteiger charge is 2.29. The zero-order valence-electron chi connectivity index (χ0n) is 15.1. The average molecular weight is 395 g/mol. The number of nitrogens with zero attached hydrogens (tertiary/aromatic N) is 1. The average Bonchev–Trinajstić information content (AvgIpc) is 2.61. The maximum absolute atomic E-state index is 12.7. The lowest BCUT2D eigenvalue weighted by atomic mass is 10.2. The predicted octanol–water partition coefficient (Wildman–Crippen LogP) is 3.21. The molecule has 0 bridgehead atoms. The van der Waals surface area contributed by atoms with Gasteiger partial charge >= 0.3 is 0 Å². The third-order valence-electron chi connectivity index (χ3n) is 3.76. The summed E-state index contributed by atoms with van der Waals surface area (Å²) in [5.74, 6) is 0.0937. The number of carbonyl (C=O) groups excluding carboxylic acids is 1. The van der Waals surface area contributed by atoms with E-state index >= 15 is 0 Å². The van der Waals surface area contributed by atoms with Crippen molar-refractivity contribution in [1.82, 2.24) is 0 Å². The van der Waals surface area contributed by atoms with E-state index in [-0.39, 0.29) is 0 Å². The molecular formula is C18H22N2O4S2. The number of rotatable bonds is 7. The van der Waals surface area contributed by atoms with Crippen LogP contribution in [0.15, 0.2) is 53.4 Å². The molecule has 8 heteroatoms. The molecule has 0 unspecified atom stereocenters. The number of ether oxygens (including phenoxy) is 1. The van der Waals surface area contributed by atoms with E-state index in [2.05, 4.69) is 5.32 Å². The fraction of sp³-hybridized carbons (Fsp3) is 0.278. The van der Waals surface area contributed by atoms with E-state index in [9.17, 15) is 13.2 Å². The lowest BCUT2D eigenvalue weighted by molar-refractivity contribution is -0.116. The first-order valence-electron chi connectivity index (χ1n) is 7.85. The first-order valence-corrected chi connectivity index (χ1v) is 10.9. The van der Waals surface area contributed by atoms with Crippen LogP contribution in [-0.2, 0) is 14.8 Å².